The van der Waals surface area contributed by atoms with E-state index in [2.05, 4.69) is 40.5 Å². The second kappa shape index (κ2) is 5.30. The Morgan fingerprint density at radius 1 is 1.39 bits per heavy atom. The van der Waals surface area contributed by atoms with Crippen LogP contribution in [-0.4, -0.2) is 17.0 Å². The fourth-order valence-corrected chi connectivity index (χ4v) is 2.51. The Hall–Kier alpha value is -1.69. The largest absolute Gasteiger partial charge is 0.363 e. The van der Waals surface area contributed by atoms with Crippen molar-refractivity contribution < 1.29 is 4.39 Å². The molecule has 18 heavy (non-hydrogen) atoms. The molecule has 2 heterocycles. The summed E-state index contributed by atoms with van der Waals surface area (Å²) in [6, 6.07) is 2.10. The standard InChI is InChI=1S/C12H15FN4S/c1-7-4-9(18-8(7)2)5-15-11-10(13)6-16-12(14-3)17-11/h4,6H,5H2,1-3H3,(H2,14,15,16,17). The molecule has 2 N–H and O–H groups in total. The fourth-order valence-electron chi connectivity index (χ4n) is 1.52. The summed E-state index contributed by atoms with van der Waals surface area (Å²) in [5, 5.41) is 5.77. The quantitative estimate of drug-likeness (QED) is 0.893. The van der Waals surface area contributed by atoms with Gasteiger partial charge in [0.2, 0.25) is 5.95 Å². The van der Waals surface area contributed by atoms with Crippen LogP contribution in [0.4, 0.5) is 16.2 Å². The molecule has 2 rings (SSSR count). The zero-order chi connectivity index (χ0) is 13.1. The summed E-state index contributed by atoms with van der Waals surface area (Å²) in [7, 11) is 1.70. The molecule has 6 heteroatoms. The number of hydrogen-bond donors (Lipinski definition) is 2. The van der Waals surface area contributed by atoms with Gasteiger partial charge >= 0.3 is 0 Å². The van der Waals surface area contributed by atoms with Crippen LogP contribution in [-0.2, 0) is 6.54 Å². The zero-order valence-corrected chi connectivity index (χ0v) is 11.4. The fraction of sp³-hybridized carbons (Fsp3) is 0.333. The molecule has 96 valence electrons. The number of rotatable bonds is 4. The molecule has 0 aliphatic carbocycles. The maximum Gasteiger partial charge on any atom is 0.224 e. The van der Waals surface area contributed by atoms with Gasteiger partial charge in [-0.05, 0) is 25.5 Å². The minimum atomic E-state index is -0.445. The molecule has 0 aromatic carbocycles. The lowest BCUT2D eigenvalue weighted by Gasteiger charge is -2.06. The molecule has 0 saturated carbocycles. The average Bonchev–Trinajstić information content (AvgIpc) is 2.68. The molecule has 0 fully saturated rings. The van der Waals surface area contributed by atoms with Crippen LogP contribution in [0.3, 0.4) is 0 Å². The van der Waals surface area contributed by atoms with Crippen molar-refractivity contribution in [3.8, 4) is 0 Å². The Morgan fingerprint density at radius 2 is 2.17 bits per heavy atom. The first-order chi connectivity index (χ1) is 8.60. The van der Waals surface area contributed by atoms with Gasteiger partial charge in [-0.3, -0.25) is 0 Å². The Labute approximate surface area is 109 Å². The number of hydrogen-bond acceptors (Lipinski definition) is 5. The molecule has 0 unspecified atom stereocenters. The molecule has 0 aliphatic heterocycles. The van der Waals surface area contributed by atoms with Crippen LogP contribution in [0.1, 0.15) is 15.3 Å². The van der Waals surface area contributed by atoms with E-state index in [1.54, 1.807) is 18.4 Å². The van der Waals surface area contributed by atoms with Crippen molar-refractivity contribution in [3.63, 3.8) is 0 Å². The average molecular weight is 266 g/mol. The second-order valence-corrected chi connectivity index (χ2v) is 5.29. The molecule has 0 amide bonds. The van der Waals surface area contributed by atoms with Crippen molar-refractivity contribution in [1.82, 2.24) is 9.97 Å². The molecule has 4 nitrogen and oxygen atoms in total. The summed E-state index contributed by atoms with van der Waals surface area (Å²) in [6.07, 6.45) is 1.16. The van der Waals surface area contributed by atoms with Crippen LogP contribution in [0, 0.1) is 19.7 Å². The lowest BCUT2D eigenvalue weighted by molar-refractivity contribution is 0.617. The van der Waals surface area contributed by atoms with Crippen molar-refractivity contribution in [3.05, 3.63) is 33.4 Å². The lowest BCUT2D eigenvalue weighted by Crippen LogP contribution is -2.06. The number of aryl methyl sites for hydroxylation is 2. The number of halogens is 1. The highest BCUT2D eigenvalue weighted by atomic mass is 32.1. The molecule has 0 aliphatic rings. The normalized spacial score (nSPS) is 10.4. The van der Waals surface area contributed by atoms with Crippen molar-refractivity contribution in [2.24, 2.45) is 0 Å². The van der Waals surface area contributed by atoms with E-state index < -0.39 is 5.82 Å². The smallest absolute Gasteiger partial charge is 0.224 e. The van der Waals surface area contributed by atoms with E-state index in [-0.39, 0.29) is 5.82 Å². The van der Waals surface area contributed by atoms with Gasteiger partial charge in [-0.15, -0.1) is 11.3 Å². The van der Waals surface area contributed by atoms with E-state index in [1.165, 1.54) is 10.4 Å². The molecular weight excluding hydrogens is 251 g/mol. The summed E-state index contributed by atoms with van der Waals surface area (Å²) >= 11 is 1.71. The third-order valence-electron chi connectivity index (χ3n) is 2.61. The maximum absolute atomic E-state index is 13.5. The Kier molecular flexibility index (Phi) is 3.76. The van der Waals surface area contributed by atoms with E-state index in [0.29, 0.717) is 12.5 Å². The predicted molar refractivity (Wildman–Crippen MR) is 72.7 cm³/mol. The van der Waals surface area contributed by atoms with Crippen molar-refractivity contribution in [1.29, 1.82) is 0 Å². The van der Waals surface area contributed by atoms with Crippen molar-refractivity contribution in [2.45, 2.75) is 20.4 Å². The predicted octanol–water partition coefficient (Wildman–Crippen LogP) is 2.95. The van der Waals surface area contributed by atoms with E-state index in [0.717, 1.165) is 11.1 Å². The van der Waals surface area contributed by atoms with E-state index in [4.69, 9.17) is 0 Å². The molecular formula is C12H15FN4S. The highest BCUT2D eigenvalue weighted by molar-refractivity contribution is 7.12. The molecule has 2 aromatic heterocycles. The van der Waals surface area contributed by atoms with Crippen LogP contribution in [0.5, 0.6) is 0 Å². The first kappa shape index (κ1) is 12.8. The van der Waals surface area contributed by atoms with Gasteiger partial charge in [0.05, 0.1) is 12.7 Å². The summed E-state index contributed by atoms with van der Waals surface area (Å²) in [6.45, 7) is 4.71. The third-order valence-corrected chi connectivity index (χ3v) is 3.77. The van der Waals surface area contributed by atoms with E-state index in [9.17, 15) is 4.39 Å². The Balaban J connectivity index is 2.10. The molecule has 0 saturated heterocycles. The number of nitrogens with one attached hydrogen (secondary N) is 2. The van der Waals surface area contributed by atoms with Crippen LogP contribution in [0.15, 0.2) is 12.3 Å². The lowest BCUT2D eigenvalue weighted by atomic mass is 10.3. The molecule has 0 atom stereocenters. The number of thiophene rings is 1. The molecule has 0 spiro atoms. The van der Waals surface area contributed by atoms with Gasteiger partial charge in [-0.2, -0.15) is 4.98 Å². The van der Waals surface area contributed by atoms with Gasteiger partial charge < -0.3 is 10.6 Å². The topological polar surface area (TPSA) is 49.8 Å². The van der Waals surface area contributed by atoms with Crippen LogP contribution in [0.25, 0.3) is 0 Å². The first-order valence-electron chi connectivity index (χ1n) is 5.60. The zero-order valence-electron chi connectivity index (χ0n) is 10.5. The second-order valence-electron chi connectivity index (χ2n) is 3.95. The van der Waals surface area contributed by atoms with Gasteiger partial charge in [-0.1, -0.05) is 0 Å². The molecule has 0 radical (unpaired) electrons. The highest BCUT2D eigenvalue weighted by Crippen LogP contribution is 2.22. The van der Waals surface area contributed by atoms with Gasteiger partial charge in [0.15, 0.2) is 11.6 Å². The Morgan fingerprint density at radius 3 is 2.78 bits per heavy atom. The van der Waals surface area contributed by atoms with Gasteiger partial charge in [0.1, 0.15) is 0 Å². The number of anilines is 2. The Bertz CT molecular complexity index is 534. The van der Waals surface area contributed by atoms with Crippen molar-refractivity contribution >= 4 is 23.1 Å². The minimum Gasteiger partial charge on any atom is -0.363 e. The third kappa shape index (κ3) is 2.76. The summed E-state index contributed by atoms with van der Waals surface area (Å²) < 4.78 is 13.5. The van der Waals surface area contributed by atoms with Gasteiger partial charge in [-0.25, -0.2) is 9.37 Å². The SMILES string of the molecule is CNc1ncc(F)c(NCc2cc(C)c(C)s2)n1. The number of nitrogens with zero attached hydrogens (tertiary/aromatic N) is 2. The summed E-state index contributed by atoms with van der Waals surface area (Å²) in [5.41, 5.74) is 1.26. The van der Waals surface area contributed by atoms with Crippen LogP contribution < -0.4 is 10.6 Å². The molecule has 2 aromatic rings. The van der Waals surface area contributed by atoms with Crippen LogP contribution in [0.2, 0.25) is 0 Å². The van der Waals surface area contributed by atoms with E-state index >= 15 is 0 Å². The van der Waals surface area contributed by atoms with Crippen LogP contribution >= 0.6 is 11.3 Å². The minimum absolute atomic E-state index is 0.220. The van der Waals surface area contributed by atoms with Gasteiger partial charge in [0.25, 0.3) is 0 Å². The summed E-state index contributed by atoms with van der Waals surface area (Å²) in [4.78, 5) is 10.3. The van der Waals surface area contributed by atoms with Crippen molar-refractivity contribution in [2.75, 3.05) is 17.7 Å². The number of aromatic nitrogens is 2. The highest BCUT2D eigenvalue weighted by Gasteiger charge is 2.07. The maximum atomic E-state index is 13.5. The first-order valence-corrected chi connectivity index (χ1v) is 6.42. The van der Waals surface area contributed by atoms with E-state index in [1.807, 2.05) is 0 Å². The molecule has 0 bridgehead atoms. The summed E-state index contributed by atoms with van der Waals surface area (Å²) in [5.74, 6) is 0.175. The monoisotopic (exact) mass is 266 g/mol. The van der Waals surface area contributed by atoms with Gasteiger partial charge in [0, 0.05) is 16.8 Å².